The lowest BCUT2D eigenvalue weighted by atomic mass is 10.0. The second-order valence-electron chi connectivity index (χ2n) is 5.68. The molecule has 0 bridgehead atoms. The van der Waals surface area contributed by atoms with E-state index in [1.54, 1.807) is 6.20 Å². The van der Waals surface area contributed by atoms with Crippen LogP contribution in [0.1, 0.15) is 45.3 Å². The monoisotopic (exact) mass is 261 g/mol. The number of pyridine rings is 1. The fourth-order valence-corrected chi connectivity index (χ4v) is 2.26. The number of hydrogen-bond acceptors (Lipinski definition) is 3. The van der Waals surface area contributed by atoms with E-state index in [0.29, 0.717) is 6.04 Å². The molecule has 0 aliphatic heterocycles. The maximum Gasteiger partial charge on any atom is 0.240 e. The van der Waals surface area contributed by atoms with Gasteiger partial charge in [0.05, 0.1) is 17.8 Å². The third kappa shape index (κ3) is 3.13. The van der Waals surface area contributed by atoms with E-state index < -0.39 is 6.04 Å². The highest BCUT2D eigenvalue weighted by Crippen LogP contribution is 2.34. The second kappa shape index (κ2) is 5.70. The summed E-state index contributed by atoms with van der Waals surface area (Å²) in [4.78, 5) is 18.9. The van der Waals surface area contributed by atoms with Crippen molar-refractivity contribution in [2.24, 2.45) is 11.7 Å². The average Bonchev–Trinajstić information content (AvgIpc) is 3.23. The van der Waals surface area contributed by atoms with Gasteiger partial charge in [0.25, 0.3) is 0 Å². The van der Waals surface area contributed by atoms with Crippen molar-refractivity contribution in [2.45, 2.75) is 51.7 Å². The number of nitrogens with zero attached hydrogens (tertiary/aromatic N) is 2. The fraction of sp³-hybridized carbons (Fsp3) is 0.600. The molecule has 2 atom stereocenters. The summed E-state index contributed by atoms with van der Waals surface area (Å²) in [6, 6.07) is 5.72. The smallest absolute Gasteiger partial charge is 0.240 e. The maximum absolute atomic E-state index is 12.6. The number of rotatable bonds is 5. The van der Waals surface area contributed by atoms with Crippen LogP contribution in [-0.4, -0.2) is 27.9 Å². The predicted molar refractivity (Wildman–Crippen MR) is 75.3 cm³/mol. The quantitative estimate of drug-likeness (QED) is 0.883. The van der Waals surface area contributed by atoms with Crippen molar-refractivity contribution in [3.8, 4) is 0 Å². The van der Waals surface area contributed by atoms with E-state index in [9.17, 15) is 4.79 Å². The zero-order valence-corrected chi connectivity index (χ0v) is 11.9. The number of carbonyl (C=O) groups is 1. The first-order valence-corrected chi connectivity index (χ1v) is 7.01. The summed E-state index contributed by atoms with van der Waals surface area (Å²) in [6.07, 6.45) is 3.92. The molecule has 1 aliphatic rings. The van der Waals surface area contributed by atoms with Gasteiger partial charge in [0.15, 0.2) is 0 Å². The van der Waals surface area contributed by atoms with Crippen LogP contribution in [0.3, 0.4) is 0 Å². The van der Waals surface area contributed by atoms with Crippen LogP contribution in [0.15, 0.2) is 24.4 Å². The molecule has 4 nitrogen and oxygen atoms in total. The van der Waals surface area contributed by atoms with E-state index in [0.717, 1.165) is 18.5 Å². The first-order valence-electron chi connectivity index (χ1n) is 7.01. The summed E-state index contributed by atoms with van der Waals surface area (Å²) >= 11 is 0. The summed E-state index contributed by atoms with van der Waals surface area (Å²) in [5.41, 5.74) is 6.96. The number of carbonyl (C=O) groups excluding carboxylic acids is 1. The first kappa shape index (κ1) is 14.0. The second-order valence-corrected chi connectivity index (χ2v) is 5.68. The van der Waals surface area contributed by atoms with Gasteiger partial charge in [-0.1, -0.05) is 19.9 Å². The molecule has 0 aromatic carbocycles. The summed E-state index contributed by atoms with van der Waals surface area (Å²) < 4.78 is 0. The van der Waals surface area contributed by atoms with Gasteiger partial charge < -0.3 is 10.6 Å². The zero-order valence-electron chi connectivity index (χ0n) is 11.9. The molecule has 1 fully saturated rings. The molecule has 1 heterocycles. The van der Waals surface area contributed by atoms with Crippen molar-refractivity contribution in [1.29, 1.82) is 0 Å². The molecule has 1 aromatic heterocycles. The Morgan fingerprint density at radius 3 is 2.53 bits per heavy atom. The molecule has 104 valence electrons. The van der Waals surface area contributed by atoms with Gasteiger partial charge in [-0.3, -0.25) is 9.78 Å². The number of amides is 1. The van der Waals surface area contributed by atoms with E-state index in [1.807, 2.05) is 43.9 Å². The molecule has 0 unspecified atom stereocenters. The summed E-state index contributed by atoms with van der Waals surface area (Å²) in [5.74, 6) is 0.209. The van der Waals surface area contributed by atoms with E-state index in [4.69, 9.17) is 5.73 Å². The zero-order chi connectivity index (χ0) is 14.0. The van der Waals surface area contributed by atoms with E-state index in [-0.39, 0.29) is 17.9 Å². The van der Waals surface area contributed by atoms with Crippen LogP contribution in [0, 0.1) is 5.92 Å². The number of nitrogens with two attached hydrogens (primary N) is 1. The predicted octanol–water partition coefficient (Wildman–Crippen LogP) is 2.12. The van der Waals surface area contributed by atoms with Crippen molar-refractivity contribution in [3.63, 3.8) is 0 Å². The summed E-state index contributed by atoms with van der Waals surface area (Å²) in [5, 5.41) is 0. The molecular formula is C15H23N3O. The Balaban J connectivity index is 2.19. The van der Waals surface area contributed by atoms with Crippen molar-refractivity contribution in [3.05, 3.63) is 30.1 Å². The molecule has 1 saturated carbocycles. The highest BCUT2D eigenvalue weighted by Gasteiger charge is 2.39. The minimum atomic E-state index is -0.424. The first-order chi connectivity index (χ1) is 9.02. The highest BCUT2D eigenvalue weighted by molar-refractivity contribution is 5.83. The Kier molecular flexibility index (Phi) is 4.20. The van der Waals surface area contributed by atoms with Gasteiger partial charge in [-0.15, -0.1) is 0 Å². The highest BCUT2D eigenvalue weighted by atomic mass is 16.2. The molecule has 1 aromatic rings. The van der Waals surface area contributed by atoms with Gasteiger partial charge in [0.1, 0.15) is 0 Å². The Hall–Kier alpha value is -1.42. The van der Waals surface area contributed by atoms with Crippen LogP contribution in [0.2, 0.25) is 0 Å². The Labute approximate surface area is 115 Å². The van der Waals surface area contributed by atoms with Gasteiger partial charge in [0.2, 0.25) is 5.91 Å². The molecule has 2 N–H and O–H groups in total. The minimum Gasteiger partial charge on any atom is -0.330 e. The lowest BCUT2D eigenvalue weighted by molar-refractivity contribution is -0.136. The maximum atomic E-state index is 12.6. The molecule has 19 heavy (non-hydrogen) atoms. The SMILES string of the molecule is CC(C)[C@H](N)C(=O)N(C1CC1)[C@H](C)c1ccccn1. The molecule has 4 heteroatoms. The van der Waals surface area contributed by atoms with E-state index in [1.165, 1.54) is 0 Å². The van der Waals surface area contributed by atoms with E-state index >= 15 is 0 Å². The van der Waals surface area contributed by atoms with Gasteiger partial charge in [-0.05, 0) is 37.8 Å². The molecule has 0 spiro atoms. The molecule has 0 saturated heterocycles. The van der Waals surface area contributed by atoms with E-state index in [2.05, 4.69) is 4.98 Å². The minimum absolute atomic E-state index is 0.00833. The average molecular weight is 261 g/mol. The van der Waals surface area contributed by atoms with Crippen LogP contribution in [0.25, 0.3) is 0 Å². The third-order valence-corrected chi connectivity index (χ3v) is 3.73. The van der Waals surface area contributed by atoms with Gasteiger partial charge >= 0.3 is 0 Å². The topological polar surface area (TPSA) is 59.2 Å². The normalized spacial score (nSPS) is 18.2. The molecule has 2 rings (SSSR count). The Morgan fingerprint density at radius 2 is 2.05 bits per heavy atom. The van der Waals surface area contributed by atoms with Crippen LogP contribution < -0.4 is 5.73 Å². The lowest BCUT2D eigenvalue weighted by Crippen LogP contribution is -2.48. The molecule has 0 radical (unpaired) electrons. The van der Waals surface area contributed by atoms with Crippen molar-refractivity contribution >= 4 is 5.91 Å². The molecule has 1 aliphatic carbocycles. The number of aromatic nitrogens is 1. The van der Waals surface area contributed by atoms with Crippen molar-refractivity contribution in [1.82, 2.24) is 9.88 Å². The standard InChI is InChI=1S/C15H23N3O/c1-10(2)14(16)15(19)18(12-7-8-12)11(3)13-6-4-5-9-17-13/h4-6,9-12,14H,7-8,16H2,1-3H3/t11-,14+/m1/s1. The third-order valence-electron chi connectivity index (χ3n) is 3.73. The van der Waals surface area contributed by atoms with Crippen LogP contribution in [0.4, 0.5) is 0 Å². The van der Waals surface area contributed by atoms with Crippen LogP contribution in [-0.2, 0) is 4.79 Å². The molecule has 1 amide bonds. The van der Waals surface area contributed by atoms with Gasteiger partial charge in [-0.2, -0.15) is 0 Å². The van der Waals surface area contributed by atoms with Crippen molar-refractivity contribution < 1.29 is 4.79 Å². The van der Waals surface area contributed by atoms with Crippen molar-refractivity contribution in [2.75, 3.05) is 0 Å². The van der Waals surface area contributed by atoms with Crippen LogP contribution >= 0.6 is 0 Å². The summed E-state index contributed by atoms with van der Waals surface area (Å²) in [7, 11) is 0. The lowest BCUT2D eigenvalue weighted by Gasteiger charge is -2.32. The van der Waals surface area contributed by atoms with Gasteiger partial charge in [0, 0.05) is 12.2 Å². The molecular weight excluding hydrogens is 238 g/mol. The van der Waals surface area contributed by atoms with Crippen LogP contribution in [0.5, 0.6) is 0 Å². The largest absolute Gasteiger partial charge is 0.330 e. The van der Waals surface area contributed by atoms with Gasteiger partial charge in [-0.25, -0.2) is 0 Å². The Bertz CT molecular complexity index is 428. The Morgan fingerprint density at radius 1 is 1.37 bits per heavy atom. The summed E-state index contributed by atoms with van der Waals surface area (Å²) in [6.45, 7) is 6.00. The fourth-order valence-electron chi connectivity index (χ4n) is 2.26. The number of hydrogen-bond donors (Lipinski definition) is 1.